The van der Waals surface area contributed by atoms with Gasteiger partial charge in [-0.3, -0.25) is 15.5 Å². The van der Waals surface area contributed by atoms with Gasteiger partial charge < -0.3 is 5.73 Å². The van der Waals surface area contributed by atoms with Crippen molar-refractivity contribution in [3.63, 3.8) is 0 Å². The molecule has 0 amide bonds. The minimum absolute atomic E-state index is 0.0412. The van der Waals surface area contributed by atoms with Crippen LogP contribution in [0.5, 0.6) is 0 Å². The van der Waals surface area contributed by atoms with Crippen LogP contribution in [0, 0.1) is 10.1 Å². The summed E-state index contributed by atoms with van der Waals surface area (Å²) in [6.45, 7) is 0. The molecule has 17 heavy (non-hydrogen) atoms. The lowest BCUT2D eigenvalue weighted by Crippen LogP contribution is -2.23. The Bertz CT molecular complexity index is 485. The van der Waals surface area contributed by atoms with Crippen molar-refractivity contribution >= 4 is 35.3 Å². The number of hydrazone groups is 1. The number of nitro benzene ring substituents is 1. The number of hydrogen-bond acceptors (Lipinski definition) is 4. The molecule has 6 nitrogen and oxygen atoms in total. The second-order valence-electron chi connectivity index (χ2n) is 2.93. The molecule has 0 aliphatic rings. The molecule has 0 heterocycles. The van der Waals surface area contributed by atoms with Crippen LogP contribution >= 0.6 is 12.2 Å². The molecule has 0 fully saturated rings. The molecule has 0 aromatic heterocycles. The molecule has 0 saturated heterocycles. The second-order valence-corrected chi connectivity index (χ2v) is 3.37. The van der Waals surface area contributed by atoms with Crippen molar-refractivity contribution in [3.8, 4) is 0 Å². The Balaban J connectivity index is 2.74. The van der Waals surface area contributed by atoms with Crippen LogP contribution < -0.4 is 11.2 Å². The highest BCUT2D eigenvalue weighted by molar-refractivity contribution is 7.80. The number of nitrogens with zero attached hydrogens (tertiary/aromatic N) is 2. The number of nitrogens with one attached hydrogen (secondary N) is 1. The van der Waals surface area contributed by atoms with Gasteiger partial charge in [-0.05, 0) is 30.4 Å². The van der Waals surface area contributed by atoms with Crippen molar-refractivity contribution in [1.29, 1.82) is 0 Å². The van der Waals surface area contributed by atoms with Crippen LogP contribution in [0.1, 0.15) is 5.56 Å². The molecule has 1 rings (SSSR count). The van der Waals surface area contributed by atoms with E-state index in [4.69, 9.17) is 5.73 Å². The topological polar surface area (TPSA) is 93.5 Å². The monoisotopic (exact) mass is 250 g/mol. The number of allylic oxidation sites excluding steroid dienone is 1. The van der Waals surface area contributed by atoms with Gasteiger partial charge in [0.2, 0.25) is 0 Å². The molecule has 7 heteroatoms. The predicted molar refractivity (Wildman–Crippen MR) is 70.5 cm³/mol. The summed E-state index contributed by atoms with van der Waals surface area (Å²) in [6.07, 6.45) is 4.52. The molecule has 3 N–H and O–H groups in total. The van der Waals surface area contributed by atoms with Gasteiger partial charge in [0.1, 0.15) is 0 Å². The van der Waals surface area contributed by atoms with Gasteiger partial charge in [0.05, 0.1) is 10.5 Å². The number of hydrogen-bond donors (Lipinski definition) is 2. The molecule has 0 radical (unpaired) electrons. The van der Waals surface area contributed by atoms with Crippen molar-refractivity contribution in [2.24, 2.45) is 10.8 Å². The molecule has 1 aromatic rings. The first-order chi connectivity index (χ1) is 8.11. The third-order valence-corrected chi connectivity index (χ3v) is 1.84. The van der Waals surface area contributed by atoms with Crippen molar-refractivity contribution in [2.45, 2.75) is 0 Å². The molecule has 0 saturated carbocycles. The Morgan fingerprint density at radius 3 is 2.88 bits per heavy atom. The van der Waals surface area contributed by atoms with Crippen LogP contribution in [0.4, 0.5) is 5.69 Å². The summed E-state index contributed by atoms with van der Waals surface area (Å²) in [6, 6.07) is 6.41. The lowest BCUT2D eigenvalue weighted by Gasteiger charge is -1.95. The quantitative estimate of drug-likeness (QED) is 0.365. The minimum atomic E-state index is -0.440. The van der Waals surface area contributed by atoms with E-state index in [1.165, 1.54) is 12.3 Å². The highest BCUT2D eigenvalue weighted by atomic mass is 32.1. The second kappa shape index (κ2) is 6.33. The smallest absolute Gasteiger partial charge is 0.276 e. The highest BCUT2D eigenvalue weighted by Crippen LogP contribution is 2.18. The van der Waals surface area contributed by atoms with Gasteiger partial charge in [0.25, 0.3) is 5.69 Å². The van der Waals surface area contributed by atoms with E-state index in [9.17, 15) is 10.1 Å². The summed E-state index contributed by atoms with van der Waals surface area (Å²) in [5, 5.41) is 14.4. The molecular weight excluding hydrogens is 240 g/mol. The van der Waals surface area contributed by atoms with Crippen LogP contribution in [0.2, 0.25) is 0 Å². The fraction of sp³-hybridized carbons (Fsp3) is 0. The average molecular weight is 250 g/mol. The normalized spacial score (nSPS) is 10.8. The third-order valence-electron chi connectivity index (χ3n) is 1.74. The number of benzene rings is 1. The Hall–Kier alpha value is -2.28. The van der Waals surface area contributed by atoms with Crippen LogP contribution in [0.25, 0.3) is 6.08 Å². The summed E-state index contributed by atoms with van der Waals surface area (Å²) in [5.74, 6) is 0. The summed E-state index contributed by atoms with van der Waals surface area (Å²) >= 11 is 4.53. The molecule has 0 atom stereocenters. The molecule has 1 aromatic carbocycles. The summed E-state index contributed by atoms with van der Waals surface area (Å²) in [4.78, 5) is 10.3. The Morgan fingerprint density at radius 2 is 2.24 bits per heavy atom. The van der Waals surface area contributed by atoms with E-state index < -0.39 is 4.92 Å². The van der Waals surface area contributed by atoms with Crippen LogP contribution in [0.3, 0.4) is 0 Å². The largest absolute Gasteiger partial charge is 0.375 e. The van der Waals surface area contributed by atoms with Crippen LogP contribution in [-0.4, -0.2) is 16.3 Å². The molecule has 88 valence electrons. The molecular formula is C10H10N4O2S. The molecule has 0 bridgehead atoms. The average Bonchev–Trinajstić information content (AvgIpc) is 2.28. The maximum atomic E-state index is 10.7. The van der Waals surface area contributed by atoms with Crippen molar-refractivity contribution in [1.82, 2.24) is 5.43 Å². The summed E-state index contributed by atoms with van der Waals surface area (Å²) in [5.41, 5.74) is 8.05. The standard InChI is InChI=1S/C10H10N4O2S/c11-10(17)13-12-7-3-5-8-4-1-2-6-9(8)14(15)16/h1-7H,(H3,11,13,17)/b5-3+,12-7?. The van der Waals surface area contributed by atoms with Gasteiger partial charge >= 0.3 is 0 Å². The SMILES string of the molecule is NC(=S)NN=C/C=C/c1ccccc1[N+](=O)[O-]. The first kappa shape index (κ1) is 12.8. The minimum Gasteiger partial charge on any atom is -0.375 e. The maximum Gasteiger partial charge on any atom is 0.276 e. The van der Waals surface area contributed by atoms with E-state index in [-0.39, 0.29) is 10.8 Å². The Labute approximate surface area is 103 Å². The van der Waals surface area contributed by atoms with E-state index in [2.05, 4.69) is 22.7 Å². The zero-order valence-electron chi connectivity index (χ0n) is 8.74. The van der Waals surface area contributed by atoms with Crippen molar-refractivity contribution in [3.05, 3.63) is 46.0 Å². The predicted octanol–water partition coefficient (Wildman–Crippen LogP) is 1.43. The Kier molecular flexibility index (Phi) is 4.77. The maximum absolute atomic E-state index is 10.7. The number of thiocarbonyl (C=S) groups is 1. The van der Waals surface area contributed by atoms with E-state index in [1.807, 2.05) is 0 Å². The van der Waals surface area contributed by atoms with Gasteiger partial charge in [0, 0.05) is 12.3 Å². The Morgan fingerprint density at radius 1 is 1.53 bits per heavy atom. The zero-order valence-corrected chi connectivity index (χ0v) is 9.55. The van der Waals surface area contributed by atoms with E-state index in [0.29, 0.717) is 5.56 Å². The number of rotatable bonds is 4. The lowest BCUT2D eigenvalue weighted by atomic mass is 10.2. The number of nitro groups is 1. The fourth-order valence-corrected chi connectivity index (χ4v) is 1.14. The van der Waals surface area contributed by atoms with Crippen LogP contribution in [-0.2, 0) is 0 Å². The van der Waals surface area contributed by atoms with Gasteiger partial charge in [-0.1, -0.05) is 12.1 Å². The van der Waals surface area contributed by atoms with Crippen molar-refractivity contribution in [2.75, 3.05) is 0 Å². The summed E-state index contributed by atoms with van der Waals surface area (Å²) in [7, 11) is 0. The fourth-order valence-electron chi connectivity index (χ4n) is 1.09. The first-order valence-electron chi connectivity index (χ1n) is 4.60. The molecule has 0 spiro atoms. The van der Waals surface area contributed by atoms with Gasteiger partial charge in [-0.2, -0.15) is 5.10 Å². The van der Waals surface area contributed by atoms with Gasteiger partial charge in [-0.15, -0.1) is 0 Å². The van der Waals surface area contributed by atoms with E-state index in [1.54, 1.807) is 30.4 Å². The van der Waals surface area contributed by atoms with Crippen molar-refractivity contribution < 1.29 is 4.92 Å². The highest BCUT2D eigenvalue weighted by Gasteiger charge is 2.08. The lowest BCUT2D eigenvalue weighted by molar-refractivity contribution is -0.385. The van der Waals surface area contributed by atoms with E-state index >= 15 is 0 Å². The number of nitrogens with two attached hydrogens (primary N) is 1. The third kappa shape index (κ3) is 4.39. The van der Waals surface area contributed by atoms with E-state index in [0.717, 1.165) is 0 Å². The number of para-hydroxylation sites is 1. The summed E-state index contributed by atoms with van der Waals surface area (Å²) < 4.78 is 0. The molecule has 0 aliphatic carbocycles. The van der Waals surface area contributed by atoms with Gasteiger partial charge in [0.15, 0.2) is 5.11 Å². The first-order valence-corrected chi connectivity index (χ1v) is 5.00. The zero-order chi connectivity index (χ0) is 12.7. The molecule has 0 aliphatic heterocycles. The van der Waals surface area contributed by atoms with Crippen LogP contribution in [0.15, 0.2) is 35.4 Å². The molecule has 0 unspecified atom stereocenters. The van der Waals surface area contributed by atoms with Gasteiger partial charge in [-0.25, -0.2) is 0 Å².